The van der Waals surface area contributed by atoms with Crippen molar-refractivity contribution in [3.8, 4) is 0 Å². The lowest BCUT2D eigenvalue weighted by molar-refractivity contribution is 1.15. The second kappa shape index (κ2) is 4.59. The molecule has 6 heavy (non-hydrogen) atoms. The van der Waals surface area contributed by atoms with Gasteiger partial charge in [0.25, 0.3) is 0 Å². The maximum atomic E-state index is 4.07. The Kier molecular flexibility index (Phi) is 5.68. The van der Waals surface area contributed by atoms with E-state index in [-0.39, 0.29) is 0 Å². The molecule has 0 bridgehead atoms. The minimum Gasteiger partial charge on any atom is -0.178 e. The van der Waals surface area contributed by atoms with Gasteiger partial charge in [-0.2, -0.15) is 12.6 Å². The van der Waals surface area contributed by atoms with Gasteiger partial charge in [0, 0.05) is 11.0 Å². The minimum absolute atomic E-state index is 0.703. The highest BCUT2D eigenvalue weighted by atomic mass is 127. The molecule has 3 heteroatoms. The van der Waals surface area contributed by atoms with Crippen molar-refractivity contribution in [3.63, 3.8) is 0 Å². The molecule has 0 N–H and O–H groups in total. The minimum atomic E-state index is 0.703. The van der Waals surface area contributed by atoms with Crippen LogP contribution in [-0.2, 0) is 0 Å². The van der Waals surface area contributed by atoms with Crippen molar-refractivity contribution in [2.45, 2.75) is 12.2 Å². The molecule has 0 heterocycles. The van der Waals surface area contributed by atoms with Crippen LogP contribution < -0.4 is 0 Å². The molecule has 0 aliphatic heterocycles. The highest BCUT2D eigenvalue weighted by molar-refractivity contribution is 14.2. The fourth-order valence-electron chi connectivity index (χ4n) is 0.0282. The summed E-state index contributed by atoms with van der Waals surface area (Å²) in [6.45, 7) is 2.16. The summed E-state index contributed by atoms with van der Waals surface area (Å²) in [7, 11) is 1.82. The maximum Gasteiger partial charge on any atom is 0.0207 e. The molecule has 0 unspecified atom stereocenters. The first-order valence-electron chi connectivity index (χ1n) is 1.69. The smallest absolute Gasteiger partial charge is 0.0207 e. The zero-order valence-corrected chi connectivity index (χ0v) is 7.39. The molecule has 38 valence electrons. The van der Waals surface area contributed by atoms with Crippen LogP contribution in [0.5, 0.6) is 0 Å². The van der Waals surface area contributed by atoms with Crippen LogP contribution in [0.3, 0.4) is 0 Å². The van der Waals surface area contributed by atoms with E-state index in [0.29, 0.717) is 5.25 Å². The summed E-state index contributed by atoms with van der Waals surface area (Å²) in [6, 6.07) is 0. The van der Waals surface area contributed by atoms with E-state index in [1.165, 1.54) is 0 Å². The van der Waals surface area contributed by atoms with E-state index in [9.17, 15) is 0 Å². The third-order valence-electron chi connectivity index (χ3n) is 0.409. The van der Waals surface area contributed by atoms with Gasteiger partial charge in [-0.05, 0) is 21.2 Å². The standard InChI is InChI=1S/C3H7IS2/c1-3(2-5)6-4/h3,5H,2H2,1H3/t3-/m0/s1. The third kappa shape index (κ3) is 3.61. The molecule has 0 spiro atoms. The van der Waals surface area contributed by atoms with Crippen LogP contribution in [0.15, 0.2) is 0 Å². The molecule has 1 atom stereocenters. The lowest BCUT2D eigenvalue weighted by atomic mass is 10.6. The first-order chi connectivity index (χ1) is 2.81. The van der Waals surface area contributed by atoms with Crippen molar-refractivity contribution in [3.05, 3.63) is 0 Å². The molecular formula is C3H7IS2. The Hall–Kier alpha value is 1.43. The van der Waals surface area contributed by atoms with Crippen LogP contribution in [0.25, 0.3) is 0 Å². The first kappa shape index (κ1) is 7.43. The predicted molar refractivity (Wildman–Crippen MR) is 44.9 cm³/mol. The molecule has 0 aliphatic rings. The van der Waals surface area contributed by atoms with Crippen LogP contribution in [0.1, 0.15) is 6.92 Å². The summed E-state index contributed by atoms with van der Waals surface area (Å²) in [5.41, 5.74) is 0. The second-order valence-corrected chi connectivity index (χ2v) is 3.96. The van der Waals surface area contributed by atoms with Gasteiger partial charge in [0.2, 0.25) is 0 Å². The Morgan fingerprint density at radius 2 is 2.50 bits per heavy atom. The molecule has 0 nitrogen and oxygen atoms in total. The monoisotopic (exact) mass is 234 g/mol. The Labute approximate surface area is 60.5 Å². The van der Waals surface area contributed by atoms with Gasteiger partial charge in [-0.3, -0.25) is 0 Å². The molecule has 0 saturated carbocycles. The Balaban J connectivity index is 2.75. The SMILES string of the molecule is C[C@@H](CS)SI. The van der Waals surface area contributed by atoms with Crippen molar-refractivity contribution in [1.82, 2.24) is 0 Å². The van der Waals surface area contributed by atoms with Crippen LogP contribution >= 0.6 is 42.8 Å². The fraction of sp³-hybridized carbons (Fsp3) is 1.00. The lowest BCUT2D eigenvalue weighted by Crippen LogP contribution is -1.91. The van der Waals surface area contributed by atoms with E-state index >= 15 is 0 Å². The molecule has 0 saturated heterocycles. The number of rotatable bonds is 2. The van der Waals surface area contributed by atoms with Crippen molar-refractivity contribution in [2.24, 2.45) is 0 Å². The molecule has 0 radical (unpaired) electrons. The summed E-state index contributed by atoms with van der Waals surface area (Å²) in [5.74, 6) is 0.980. The molecule has 0 amide bonds. The Morgan fingerprint density at radius 3 is 2.50 bits per heavy atom. The second-order valence-electron chi connectivity index (χ2n) is 1.08. The summed E-state index contributed by atoms with van der Waals surface area (Å²) in [5, 5.41) is 0.703. The molecular weight excluding hydrogens is 227 g/mol. The van der Waals surface area contributed by atoms with Gasteiger partial charge in [0.05, 0.1) is 0 Å². The van der Waals surface area contributed by atoms with Gasteiger partial charge in [-0.1, -0.05) is 15.9 Å². The van der Waals surface area contributed by atoms with Crippen LogP contribution in [-0.4, -0.2) is 11.0 Å². The van der Waals surface area contributed by atoms with E-state index < -0.39 is 0 Å². The molecule has 0 aromatic heterocycles. The van der Waals surface area contributed by atoms with Crippen LogP contribution in [0, 0.1) is 0 Å². The van der Waals surface area contributed by atoms with Crippen LogP contribution in [0.4, 0.5) is 0 Å². The Bertz CT molecular complexity index is 28.0. The molecule has 0 fully saturated rings. The average Bonchev–Trinajstić information content (AvgIpc) is 1.65. The van der Waals surface area contributed by atoms with Gasteiger partial charge in [0.1, 0.15) is 0 Å². The zero-order valence-electron chi connectivity index (χ0n) is 3.52. The van der Waals surface area contributed by atoms with E-state index in [1.807, 2.05) is 8.93 Å². The van der Waals surface area contributed by atoms with Crippen molar-refractivity contribution in [2.75, 3.05) is 5.75 Å². The van der Waals surface area contributed by atoms with E-state index in [4.69, 9.17) is 0 Å². The molecule has 0 rings (SSSR count). The number of halogens is 1. The summed E-state index contributed by atoms with van der Waals surface area (Å²) in [4.78, 5) is 0. The number of thiol groups is 1. The number of hydrogen-bond acceptors (Lipinski definition) is 2. The quantitative estimate of drug-likeness (QED) is 0.565. The van der Waals surface area contributed by atoms with Crippen molar-refractivity contribution < 1.29 is 0 Å². The normalized spacial score (nSPS) is 14.5. The van der Waals surface area contributed by atoms with Gasteiger partial charge >= 0.3 is 0 Å². The molecule has 0 aromatic carbocycles. The van der Waals surface area contributed by atoms with E-state index in [1.54, 1.807) is 0 Å². The lowest BCUT2D eigenvalue weighted by Gasteiger charge is -1.96. The zero-order chi connectivity index (χ0) is 4.99. The number of hydrogen-bond donors (Lipinski definition) is 1. The third-order valence-corrected chi connectivity index (χ3v) is 4.28. The van der Waals surface area contributed by atoms with Crippen LogP contribution in [0.2, 0.25) is 0 Å². The van der Waals surface area contributed by atoms with Gasteiger partial charge < -0.3 is 0 Å². The first-order valence-corrected chi connectivity index (χ1v) is 5.75. The molecule has 0 aromatic rings. The van der Waals surface area contributed by atoms with E-state index in [0.717, 1.165) is 5.75 Å². The Morgan fingerprint density at radius 1 is 2.00 bits per heavy atom. The largest absolute Gasteiger partial charge is 0.178 e. The van der Waals surface area contributed by atoms with E-state index in [2.05, 4.69) is 40.8 Å². The topological polar surface area (TPSA) is 0 Å². The summed E-state index contributed by atoms with van der Waals surface area (Å²) in [6.07, 6.45) is 0. The highest BCUT2D eigenvalue weighted by Gasteiger charge is 1.91. The fourth-order valence-corrected chi connectivity index (χ4v) is 1.70. The van der Waals surface area contributed by atoms with Gasteiger partial charge in [-0.25, -0.2) is 0 Å². The van der Waals surface area contributed by atoms with Gasteiger partial charge in [-0.15, -0.1) is 0 Å². The predicted octanol–water partition coefficient (Wildman–Crippen LogP) is 2.39. The maximum absolute atomic E-state index is 4.07. The summed E-state index contributed by atoms with van der Waals surface area (Å²) >= 11 is 6.35. The van der Waals surface area contributed by atoms with Gasteiger partial charge in [0.15, 0.2) is 0 Å². The summed E-state index contributed by atoms with van der Waals surface area (Å²) < 4.78 is 0. The molecule has 0 aliphatic carbocycles. The van der Waals surface area contributed by atoms with Crippen molar-refractivity contribution in [1.29, 1.82) is 0 Å². The highest BCUT2D eigenvalue weighted by Crippen LogP contribution is 2.18. The van der Waals surface area contributed by atoms with Crippen molar-refractivity contribution >= 4 is 42.8 Å². The average molecular weight is 234 g/mol.